The zero-order valence-electron chi connectivity index (χ0n) is 12.2. The van der Waals surface area contributed by atoms with Gasteiger partial charge in [0.25, 0.3) is 0 Å². The van der Waals surface area contributed by atoms with Crippen LogP contribution in [0.3, 0.4) is 0 Å². The van der Waals surface area contributed by atoms with Gasteiger partial charge in [0.1, 0.15) is 11.6 Å². The first-order chi connectivity index (χ1) is 10.2. The molecule has 4 nitrogen and oxygen atoms in total. The maximum absolute atomic E-state index is 5.45. The number of hydrogen-bond acceptors (Lipinski definition) is 4. The first kappa shape index (κ1) is 14.3. The average Bonchev–Trinajstić information content (AvgIpc) is 2.53. The number of ether oxygens (including phenoxy) is 1. The molecule has 0 spiro atoms. The Morgan fingerprint density at radius 1 is 1.19 bits per heavy atom. The van der Waals surface area contributed by atoms with Crippen molar-refractivity contribution in [3.63, 3.8) is 0 Å². The Morgan fingerprint density at radius 2 is 2.00 bits per heavy atom. The van der Waals surface area contributed by atoms with Gasteiger partial charge in [-0.1, -0.05) is 15.9 Å². The Hall–Kier alpha value is -1.62. The summed E-state index contributed by atoms with van der Waals surface area (Å²) < 4.78 is 6.44. The second kappa shape index (κ2) is 6.02. The number of rotatable bonds is 3. The molecule has 1 aliphatic rings. The Morgan fingerprint density at radius 3 is 2.76 bits per heavy atom. The highest BCUT2D eigenvalue weighted by atomic mass is 79.9. The van der Waals surface area contributed by atoms with E-state index in [1.165, 1.54) is 18.4 Å². The maximum atomic E-state index is 5.45. The van der Waals surface area contributed by atoms with Crippen molar-refractivity contribution < 1.29 is 4.74 Å². The molecular formula is C16H18BrN3O. The van der Waals surface area contributed by atoms with Gasteiger partial charge in [0.2, 0.25) is 0 Å². The fourth-order valence-electron chi connectivity index (χ4n) is 2.78. The lowest BCUT2D eigenvalue weighted by molar-refractivity contribution is 0.416. The Balaban J connectivity index is 2.17. The third-order valence-corrected chi connectivity index (χ3v) is 4.32. The number of methoxy groups -OCH3 is 1. The van der Waals surface area contributed by atoms with Gasteiger partial charge in [-0.25, -0.2) is 9.97 Å². The Kier molecular flexibility index (Phi) is 4.10. The lowest BCUT2D eigenvalue weighted by Crippen LogP contribution is -2.12. The molecule has 0 saturated heterocycles. The molecule has 1 heterocycles. The van der Waals surface area contributed by atoms with Crippen LogP contribution in [0, 0.1) is 0 Å². The largest absolute Gasteiger partial charge is 0.496 e. The predicted molar refractivity (Wildman–Crippen MR) is 87.9 cm³/mol. The number of anilines is 1. The summed E-state index contributed by atoms with van der Waals surface area (Å²) in [6.45, 7) is 0. The summed E-state index contributed by atoms with van der Waals surface area (Å²) in [5.74, 6) is 2.45. The van der Waals surface area contributed by atoms with E-state index in [0.29, 0.717) is 0 Å². The van der Waals surface area contributed by atoms with Gasteiger partial charge in [0, 0.05) is 22.8 Å². The molecule has 0 unspecified atom stereocenters. The van der Waals surface area contributed by atoms with Gasteiger partial charge in [-0.15, -0.1) is 0 Å². The van der Waals surface area contributed by atoms with Gasteiger partial charge in [-0.2, -0.15) is 0 Å². The van der Waals surface area contributed by atoms with Crippen LogP contribution in [0.25, 0.3) is 11.4 Å². The highest BCUT2D eigenvalue weighted by molar-refractivity contribution is 9.10. The van der Waals surface area contributed by atoms with Crippen LogP contribution in [-0.2, 0) is 12.8 Å². The van der Waals surface area contributed by atoms with Crippen LogP contribution in [0.15, 0.2) is 22.7 Å². The van der Waals surface area contributed by atoms with Crippen molar-refractivity contribution in [2.24, 2.45) is 0 Å². The maximum Gasteiger partial charge on any atom is 0.165 e. The first-order valence-corrected chi connectivity index (χ1v) is 7.93. The fraction of sp³-hybridized carbons (Fsp3) is 0.375. The number of fused-ring (bicyclic) bond motifs is 1. The Bertz CT molecular complexity index is 656. The number of aryl methyl sites for hydroxylation is 1. The SMILES string of the molecule is CNc1nc(-c2cc(Br)ccc2OC)nc2c1CCCC2. The second-order valence-corrected chi connectivity index (χ2v) is 6.04. The molecule has 0 bridgehead atoms. The van der Waals surface area contributed by atoms with E-state index >= 15 is 0 Å². The summed E-state index contributed by atoms with van der Waals surface area (Å²) in [6, 6.07) is 5.89. The molecule has 2 aromatic rings. The van der Waals surface area contributed by atoms with Crippen LogP contribution in [0.2, 0.25) is 0 Å². The van der Waals surface area contributed by atoms with E-state index < -0.39 is 0 Å². The molecule has 21 heavy (non-hydrogen) atoms. The van der Waals surface area contributed by atoms with Gasteiger partial charge < -0.3 is 10.1 Å². The van der Waals surface area contributed by atoms with Crippen molar-refractivity contribution in [1.29, 1.82) is 0 Å². The van der Waals surface area contributed by atoms with E-state index in [0.717, 1.165) is 46.0 Å². The number of hydrogen-bond donors (Lipinski definition) is 1. The van der Waals surface area contributed by atoms with Crippen molar-refractivity contribution in [3.05, 3.63) is 33.9 Å². The summed E-state index contributed by atoms with van der Waals surface area (Å²) in [5.41, 5.74) is 3.34. The highest BCUT2D eigenvalue weighted by Gasteiger charge is 2.19. The zero-order chi connectivity index (χ0) is 14.8. The summed E-state index contributed by atoms with van der Waals surface area (Å²) in [6.07, 6.45) is 4.49. The van der Waals surface area contributed by atoms with Crippen molar-refractivity contribution in [2.75, 3.05) is 19.5 Å². The van der Waals surface area contributed by atoms with E-state index in [4.69, 9.17) is 14.7 Å². The van der Waals surface area contributed by atoms with Crippen LogP contribution >= 0.6 is 15.9 Å². The molecule has 1 aromatic carbocycles. The van der Waals surface area contributed by atoms with Gasteiger partial charge in [0.05, 0.1) is 12.7 Å². The molecule has 1 N–H and O–H groups in total. The average molecular weight is 348 g/mol. The molecule has 0 atom stereocenters. The molecule has 0 amide bonds. The quantitative estimate of drug-likeness (QED) is 0.916. The van der Waals surface area contributed by atoms with Gasteiger partial charge in [0.15, 0.2) is 5.82 Å². The summed E-state index contributed by atoms with van der Waals surface area (Å²) in [4.78, 5) is 9.49. The molecule has 110 valence electrons. The van der Waals surface area contributed by atoms with Crippen LogP contribution in [0.5, 0.6) is 5.75 Å². The van der Waals surface area contributed by atoms with Gasteiger partial charge >= 0.3 is 0 Å². The Labute approximate surface area is 133 Å². The summed E-state index contributed by atoms with van der Waals surface area (Å²) >= 11 is 3.51. The number of aromatic nitrogens is 2. The van der Waals surface area contributed by atoms with E-state index in [1.807, 2.05) is 25.2 Å². The molecular weight excluding hydrogens is 330 g/mol. The van der Waals surface area contributed by atoms with Crippen molar-refractivity contribution >= 4 is 21.7 Å². The molecule has 0 fully saturated rings. The minimum absolute atomic E-state index is 0.721. The van der Waals surface area contributed by atoms with E-state index in [2.05, 4.69) is 21.2 Å². The summed E-state index contributed by atoms with van der Waals surface area (Å²) in [7, 11) is 3.59. The minimum atomic E-state index is 0.721. The van der Waals surface area contributed by atoms with Crippen molar-refractivity contribution in [2.45, 2.75) is 25.7 Å². The predicted octanol–water partition coefficient (Wildman–Crippen LogP) is 3.84. The molecule has 0 aliphatic heterocycles. The number of benzene rings is 1. The second-order valence-electron chi connectivity index (χ2n) is 5.12. The minimum Gasteiger partial charge on any atom is -0.496 e. The number of nitrogens with one attached hydrogen (secondary N) is 1. The van der Waals surface area contributed by atoms with Crippen molar-refractivity contribution in [3.8, 4) is 17.1 Å². The smallest absolute Gasteiger partial charge is 0.165 e. The van der Waals surface area contributed by atoms with Crippen LogP contribution in [-0.4, -0.2) is 24.1 Å². The molecule has 5 heteroatoms. The molecule has 1 aromatic heterocycles. The topological polar surface area (TPSA) is 47.0 Å². The molecule has 3 rings (SSSR count). The monoisotopic (exact) mass is 347 g/mol. The lowest BCUT2D eigenvalue weighted by atomic mass is 9.96. The third-order valence-electron chi connectivity index (χ3n) is 3.82. The van der Waals surface area contributed by atoms with Crippen LogP contribution in [0.1, 0.15) is 24.1 Å². The van der Waals surface area contributed by atoms with E-state index in [1.54, 1.807) is 7.11 Å². The lowest BCUT2D eigenvalue weighted by Gasteiger charge is -2.19. The molecule has 0 radical (unpaired) electrons. The third kappa shape index (κ3) is 2.75. The summed E-state index contributed by atoms with van der Waals surface area (Å²) in [5, 5.41) is 3.21. The highest BCUT2D eigenvalue weighted by Crippen LogP contribution is 2.33. The normalized spacial score (nSPS) is 13.7. The molecule has 1 aliphatic carbocycles. The molecule has 0 saturated carbocycles. The van der Waals surface area contributed by atoms with E-state index in [9.17, 15) is 0 Å². The van der Waals surface area contributed by atoms with E-state index in [-0.39, 0.29) is 0 Å². The van der Waals surface area contributed by atoms with Crippen LogP contribution < -0.4 is 10.1 Å². The van der Waals surface area contributed by atoms with Crippen molar-refractivity contribution in [1.82, 2.24) is 9.97 Å². The van der Waals surface area contributed by atoms with Gasteiger partial charge in [-0.3, -0.25) is 0 Å². The number of nitrogens with zero attached hydrogens (tertiary/aromatic N) is 2. The fourth-order valence-corrected chi connectivity index (χ4v) is 3.14. The first-order valence-electron chi connectivity index (χ1n) is 7.14. The standard InChI is InChI=1S/C16H18BrN3O/c1-18-15-11-5-3-4-6-13(11)19-16(20-15)12-9-10(17)7-8-14(12)21-2/h7-9H,3-6H2,1-2H3,(H,18,19,20). The van der Waals surface area contributed by atoms with Gasteiger partial charge in [-0.05, 0) is 43.9 Å². The zero-order valence-corrected chi connectivity index (χ0v) is 13.8. The van der Waals surface area contributed by atoms with Crippen LogP contribution in [0.4, 0.5) is 5.82 Å². The number of halogens is 1.